The van der Waals surface area contributed by atoms with Crippen molar-refractivity contribution in [1.29, 1.82) is 0 Å². The van der Waals surface area contributed by atoms with Crippen molar-refractivity contribution in [2.45, 2.75) is 18.4 Å². The van der Waals surface area contributed by atoms with Gasteiger partial charge in [-0.1, -0.05) is 0 Å². The number of aromatic nitrogens is 1. The highest BCUT2D eigenvalue weighted by molar-refractivity contribution is 6.07. The number of carbonyl (C=O) groups excluding carboxylic acids is 3. The predicted octanol–water partition coefficient (Wildman–Crippen LogP) is -0.0956. The van der Waals surface area contributed by atoms with E-state index in [0.29, 0.717) is 37.4 Å². The zero-order chi connectivity index (χ0) is 15.7. The number of amides is 4. The number of rotatable bonds is 2. The number of ether oxygens (including phenoxy) is 1. The van der Waals surface area contributed by atoms with E-state index in [9.17, 15) is 14.4 Å². The molecule has 0 aliphatic carbocycles. The second-order valence-corrected chi connectivity index (χ2v) is 5.37. The molecular weight excluding hydrogens is 288 g/mol. The molecule has 2 N–H and O–H groups in total. The van der Waals surface area contributed by atoms with E-state index in [0.717, 1.165) is 0 Å². The molecular formula is C14H16N4O4. The lowest BCUT2D eigenvalue weighted by Crippen LogP contribution is -2.55. The number of carbonyl (C=O) groups is 3. The maximum atomic E-state index is 12.4. The third kappa shape index (κ3) is 2.36. The summed E-state index contributed by atoms with van der Waals surface area (Å²) in [5.41, 5.74) is -0.400. The van der Waals surface area contributed by atoms with Crippen molar-refractivity contribution in [2.24, 2.45) is 0 Å². The Labute approximate surface area is 126 Å². The number of nitrogens with one attached hydrogen (secondary N) is 2. The molecule has 0 bridgehead atoms. The number of likely N-dealkylation sites (tertiary alicyclic amines) is 1. The maximum Gasteiger partial charge on any atom is 0.322 e. The molecule has 0 atom stereocenters. The van der Waals surface area contributed by atoms with Gasteiger partial charge in [0.25, 0.3) is 11.8 Å². The van der Waals surface area contributed by atoms with Crippen LogP contribution in [-0.2, 0) is 4.79 Å². The number of pyridine rings is 1. The van der Waals surface area contributed by atoms with Gasteiger partial charge in [0.05, 0.1) is 12.7 Å². The van der Waals surface area contributed by atoms with E-state index in [-0.39, 0.29) is 11.8 Å². The largest absolute Gasteiger partial charge is 0.481 e. The second-order valence-electron chi connectivity index (χ2n) is 5.37. The van der Waals surface area contributed by atoms with Gasteiger partial charge in [0, 0.05) is 25.4 Å². The van der Waals surface area contributed by atoms with E-state index >= 15 is 0 Å². The Bertz CT molecular complexity index is 620. The number of imide groups is 1. The Morgan fingerprint density at radius 1 is 1.32 bits per heavy atom. The molecule has 1 spiro atoms. The van der Waals surface area contributed by atoms with E-state index in [4.69, 9.17) is 4.74 Å². The van der Waals surface area contributed by atoms with Crippen molar-refractivity contribution in [3.05, 3.63) is 23.9 Å². The maximum absolute atomic E-state index is 12.4. The van der Waals surface area contributed by atoms with Crippen molar-refractivity contribution in [2.75, 3.05) is 20.2 Å². The number of hydrogen-bond acceptors (Lipinski definition) is 5. The van der Waals surface area contributed by atoms with Crippen LogP contribution in [0.25, 0.3) is 0 Å². The number of urea groups is 1. The highest BCUT2D eigenvalue weighted by Gasteiger charge is 2.48. The molecule has 2 aliphatic rings. The van der Waals surface area contributed by atoms with Crippen molar-refractivity contribution < 1.29 is 19.1 Å². The number of piperidine rings is 1. The monoisotopic (exact) mass is 304 g/mol. The molecule has 116 valence electrons. The molecule has 1 aromatic rings. The van der Waals surface area contributed by atoms with Gasteiger partial charge in [-0.15, -0.1) is 0 Å². The molecule has 8 nitrogen and oxygen atoms in total. The van der Waals surface area contributed by atoms with Crippen LogP contribution in [0, 0.1) is 0 Å². The molecule has 4 amide bonds. The molecule has 2 saturated heterocycles. The van der Waals surface area contributed by atoms with E-state index in [1.54, 1.807) is 17.0 Å². The molecule has 3 rings (SSSR count). The third-order valence-corrected chi connectivity index (χ3v) is 4.11. The minimum Gasteiger partial charge on any atom is -0.481 e. The topological polar surface area (TPSA) is 101 Å². The Hall–Kier alpha value is -2.64. The average Bonchev–Trinajstić information content (AvgIpc) is 2.81. The van der Waals surface area contributed by atoms with Gasteiger partial charge < -0.3 is 15.0 Å². The molecule has 22 heavy (non-hydrogen) atoms. The fourth-order valence-corrected chi connectivity index (χ4v) is 2.78. The average molecular weight is 304 g/mol. The summed E-state index contributed by atoms with van der Waals surface area (Å²) in [4.78, 5) is 41.2. The molecule has 2 fully saturated rings. The van der Waals surface area contributed by atoms with E-state index in [2.05, 4.69) is 15.6 Å². The number of hydrogen-bond donors (Lipinski definition) is 2. The van der Waals surface area contributed by atoms with Crippen LogP contribution < -0.4 is 15.4 Å². The lowest BCUT2D eigenvalue weighted by Gasteiger charge is -2.36. The molecule has 0 unspecified atom stereocenters. The Kier molecular flexibility index (Phi) is 3.44. The van der Waals surface area contributed by atoms with Crippen LogP contribution in [0.1, 0.15) is 23.2 Å². The fourth-order valence-electron chi connectivity index (χ4n) is 2.78. The van der Waals surface area contributed by atoms with Gasteiger partial charge in [-0.05, 0) is 18.9 Å². The first-order chi connectivity index (χ1) is 10.5. The van der Waals surface area contributed by atoms with E-state index in [1.807, 2.05) is 0 Å². The molecule has 2 aliphatic heterocycles. The van der Waals surface area contributed by atoms with Crippen LogP contribution in [0.15, 0.2) is 18.3 Å². The molecule has 0 saturated carbocycles. The van der Waals surface area contributed by atoms with Crippen molar-refractivity contribution in [3.63, 3.8) is 0 Å². The van der Waals surface area contributed by atoms with Gasteiger partial charge in [-0.2, -0.15) is 0 Å². The first-order valence-electron chi connectivity index (χ1n) is 6.97. The second kappa shape index (κ2) is 5.28. The minimum absolute atomic E-state index is 0.144. The van der Waals surface area contributed by atoms with Crippen LogP contribution in [0.4, 0.5) is 4.79 Å². The number of nitrogens with zero attached hydrogens (tertiary/aromatic N) is 2. The summed E-state index contributed by atoms with van der Waals surface area (Å²) in [6.45, 7) is 0.803. The van der Waals surface area contributed by atoms with Crippen molar-refractivity contribution >= 4 is 17.8 Å². The third-order valence-electron chi connectivity index (χ3n) is 4.11. The Morgan fingerprint density at radius 2 is 2.05 bits per heavy atom. The Morgan fingerprint density at radius 3 is 2.55 bits per heavy atom. The molecule has 0 aromatic carbocycles. The van der Waals surface area contributed by atoms with Crippen LogP contribution in [0.2, 0.25) is 0 Å². The summed E-state index contributed by atoms with van der Waals surface area (Å²) in [6.07, 6.45) is 2.27. The number of methoxy groups -OCH3 is 1. The lowest BCUT2D eigenvalue weighted by atomic mass is 9.87. The fraction of sp³-hybridized carbons (Fsp3) is 0.429. The zero-order valence-electron chi connectivity index (χ0n) is 12.1. The standard InChI is InChI=1S/C14H16N4O4/c1-22-10-3-2-9(8-15-10)11(19)18-6-4-14(5-7-18)12(20)16-13(21)17-14/h2-3,8H,4-7H2,1H3,(H2,16,17,20,21). The van der Waals surface area contributed by atoms with Gasteiger partial charge >= 0.3 is 6.03 Å². The summed E-state index contributed by atoms with van der Waals surface area (Å²) in [6, 6.07) is 2.82. The van der Waals surface area contributed by atoms with Gasteiger partial charge in [0.1, 0.15) is 5.54 Å². The summed E-state index contributed by atoms with van der Waals surface area (Å²) in [7, 11) is 1.51. The smallest absolute Gasteiger partial charge is 0.322 e. The van der Waals surface area contributed by atoms with Crippen LogP contribution >= 0.6 is 0 Å². The Balaban J connectivity index is 1.67. The molecule has 3 heterocycles. The first kappa shape index (κ1) is 14.3. The van der Waals surface area contributed by atoms with Crippen LogP contribution in [0.3, 0.4) is 0 Å². The predicted molar refractivity (Wildman–Crippen MR) is 75.3 cm³/mol. The van der Waals surface area contributed by atoms with Gasteiger partial charge in [-0.3, -0.25) is 14.9 Å². The highest BCUT2D eigenvalue weighted by Crippen LogP contribution is 2.26. The van der Waals surface area contributed by atoms with Gasteiger partial charge in [0.15, 0.2) is 0 Å². The van der Waals surface area contributed by atoms with E-state index < -0.39 is 11.6 Å². The SMILES string of the molecule is COc1ccc(C(=O)N2CCC3(CC2)NC(=O)NC3=O)cn1. The highest BCUT2D eigenvalue weighted by atomic mass is 16.5. The first-order valence-corrected chi connectivity index (χ1v) is 6.97. The lowest BCUT2D eigenvalue weighted by molar-refractivity contribution is -0.125. The van der Waals surface area contributed by atoms with Crippen LogP contribution in [-0.4, -0.2) is 53.5 Å². The summed E-state index contributed by atoms with van der Waals surface area (Å²) >= 11 is 0. The minimum atomic E-state index is -0.869. The summed E-state index contributed by atoms with van der Waals surface area (Å²) in [5, 5.41) is 4.92. The van der Waals surface area contributed by atoms with Gasteiger partial charge in [-0.25, -0.2) is 9.78 Å². The zero-order valence-corrected chi connectivity index (χ0v) is 12.1. The molecule has 8 heteroatoms. The summed E-state index contributed by atoms with van der Waals surface area (Å²) < 4.78 is 4.96. The van der Waals surface area contributed by atoms with Crippen molar-refractivity contribution in [3.8, 4) is 5.88 Å². The van der Waals surface area contributed by atoms with E-state index in [1.165, 1.54) is 13.3 Å². The summed E-state index contributed by atoms with van der Waals surface area (Å²) in [5.74, 6) is -0.00932. The van der Waals surface area contributed by atoms with Crippen molar-refractivity contribution in [1.82, 2.24) is 20.5 Å². The molecule has 0 radical (unpaired) electrons. The quantitative estimate of drug-likeness (QED) is 0.743. The van der Waals surface area contributed by atoms with Crippen LogP contribution in [0.5, 0.6) is 5.88 Å². The molecule has 1 aromatic heterocycles. The normalized spacial score (nSPS) is 19.8. The van der Waals surface area contributed by atoms with Gasteiger partial charge in [0.2, 0.25) is 5.88 Å².